The number of rotatable bonds is 5. The lowest BCUT2D eigenvalue weighted by Crippen LogP contribution is -2.28. The van der Waals surface area contributed by atoms with Gasteiger partial charge in [-0.05, 0) is 35.3 Å². The first-order valence-electron chi connectivity index (χ1n) is 8.54. The van der Waals surface area contributed by atoms with Gasteiger partial charge < -0.3 is 9.84 Å². The number of hydrogen-bond donors (Lipinski definition) is 1. The molecule has 1 N–H and O–H groups in total. The molecular weight excluding hydrogens is 328 g/mol. The van der Waals surface area contributed by atoms with Gasteiger partial charge in [0.15, 0.2) is 5.78 Å². The summed E-state index contributed by atoms with van der Waals surface area (Å²) in [6, 6.07) is 19.3. The lowest BCUT2D eigenvalue weighted by Gasteiger charge is -2.27. The predicted octanol–water partition coefficient (Wildman–Crippen LogP) is 3.99. The number of carbonyl (C=O) groups excluding carboxylic acids is 1. The molecule has 0 spiro atoms. The van der Waals surface area contributed by atoms with Crippen LogP contribution in [-0.4, -0.2) is 29.6 Å². The van der Waals surface area contributed by atoms with E-state index in [1.54, 1.807) is 0 Å². The van der Waals surface area contributed by atoms with Crippen molar-refractivity contribution in [3.63, 3.8) is 0 Å². The molecule has 0 heterocycles. The van der Waals surface area contributed by atoms with Gasteiger partial charge in [-0.15, -0.1) is 0 Å². The van der Waals surface area contributed by atoms with Crippen LogP contribution in [-0.2, 0) is 14.3 Å². The van der Waals surface area contributed by atoms with Crippen LogP contribution in [0.1, 0.15) is 24.0 Å². The molecular formula is C22H20O4. The van der Waals surface area contributed by atoms with Gasteiger partial charge in [0.2, 0.25) is 0 Å². The number of ether oxygens (including phenoxy) is 1. The molecule has 1 aliphatic rings. The first-order chi connectivity index (χ1) is 12.6. The highest BCUT2D eigenvalue weighted by Gasteiger charge is 2.29. The van der Waals surface area contributed by atoms with E-state index in [9.17, 15) is 9.59 Å². The minimum Gasteiger partial charge on any atom is -0.480 e. The fraction of sp³-hybridized carbons (Fsp3) is 0.182. The summed E-state index contributed by atoms with van der Waals surface area (Å²) in [6.07, 6.45) is 4.18. The summed E-state index contributed by atoms with van der Waals surface area (Å²) in [6.45, 7) is -0.385. The van der Waals surface area contributed by atoms with Gasteiger partial charge in [0.1, 0.15) is 6.61 Å². The van der Waals surface area contributed by atoms with Crippen LogP contribution in [0.5, 0.6) is 0 Å². The molecule has 0 saturated heterocycles. The minimum absolute atomic E-state index is 0.0474. The Morgan fingerprint density at radius 3 is 2.15 bits per heavy atom. The number of hydrogen-bond acceptors (Lipinski definition) is 3. The Bertz CT molecular complexity index is 835. The van der Waals surface area contributed by atoms with E-state index in [1.165, 1.54) is 0 Å². The first kappa shape index (κ1) is 17.8. The smallest absolute Gasteiger partial charge is 0.329 e. The number of carbonyl (C=O) groups is 2. The third-order valence-corrected chi connectivity index (χ3v) is 4.23. The van der Waals surface area contributed by atoms with Gasteiger partial charge in [-0.1, -0.05) is 60.7 Å². The van der Waals surface area contributed by atoms with Crippen molar-refractivity contribution in [2.24, 2.45) is 0 Å². The molecule has 1 fully saturated rings. The second kappa shape index (κ2) is 8.41. The Hall–Kier alpha value is -2.98. The molecule has 1 aliphatic carbocycles. The molecule has 0 amide bonds. The van der Waals surface area contributed by atoms with Crippen molar-refractivity contribution >= 4 is 23.9 Å². The third kappa shape index (κ3) is 4.55. The highest BCUT2D eigenvalue weighted by atomic mass is 16.5. The molecule has 2 aromatic rings. The molecule has 0 radical (unpaired) electrons. The highest BCUT2D eigenvalue weighted by Crippen LogP contribution is 2.32. The van der Waals surface area contributed by atoms with Crippen LogP contribution in [0.4, 0.5) is 0 Å². The highest BCUT2D eigenvalue weighted by molar-refractivity contribution is 6.06. The van der Waals surface area contributed by atoms with E-state index in [2.05, 4.69) is 0 Å². The number of ketones is 1. The summed E-state index contributed by atoms with van der Waals surface area (Å²) >= 11 is 0. The normalized spacial score (nSPS) is 20.5. The number of benzene rings is 2. The average Bonchev–Trinajstić information content (AvgIpc) is 2.65. The zero-order chi connectivity index (χ0) is 18.4. The van der Waals surface area contributed by atoms with Gasteiger partial charge in [-0.25, -0.2) is 4.79 Å². The first-order valence-corrected chi connectivity index (χ1v) is 8.54. The van der Waals surface area contributed by atoms with E-state index in [0.717, 1.165) is 16.7 Å². The Balaban J connectivity index is 2.02. The molecule has 4 nitrogen and oxygen atoms in total. The molecule has 1 atom stereocenters. The van der Waals surface area contributed by atoms with Crippen LogP contribution in [0, 0.1) is 0 Å². The molecule has 0 aliphatic heterocycles. The Morgan fingerprint density at radius 2 is 1.58 bits per heavy atom. The summed E-state index contributed by atoms with van der Waals surface area (Å²) in [5.41, 5.74) is 3.19. The van der Waals surface area contributed by atoms with Crippen molar-refractivity contribution in [3.05, 3.63) is 82.9 Å². The topological polar surface area (TPSA) is 63.6 Å². The van der Waals surface area contributed by atoms with E-state index < -0.39 is 12.1 Å². The zero-order valence-electron chi connectivity index (χ0n) is 14.3. The Kier molecular flexibility index (Phi) is 5.77. The maximum absolute atomic E-state index is 12.6. The van der Waals surface area contributed by atoms with E-state index in [-0.39, 0.29) is 12.4 Å². The zero-order valence-corrected chi connectivity index (χ0v) is 14.3. The largest absolute Gasteiger partial charge is 0.480 e. The molecule has 4 heteroatoms. The van der Waals surface area contributed by atoms with Crippen LogP contribution in [0.2, 0.25) is 0 Å². The third-order valence-electron chi connectivity index (χ3n) is 4.23. The minimum atomic E-state index is -1.02. The van der Waals surface area contributed by atoms with Crippen molar-refractivity contribution < 1.29 is 19.4 Å². The van der Waals surface area contributed by atoms with E-state index in [4.69, 9.17) is 9.84 Å². The van der Waals surface area contributed by atoms with Gasteiger partial charge in [0.25, 0.3) is 0 Å². The van der Waals surface area contributed by atoms with Crippen LogP contribution in [0.15, 0.2) is 71.8 Å². The second-order valence-electron chi connectivity index (χ2n) is 6.13. The van der Waals surface area contributed by atoms with E-state index >= 15 is 0 Å². The Morgan fingerprint density at radius 1 is 1.00 bits per heavy atom. The number of aliphatic carboxylic acids is 1. The lowest BCUT2D eigenvalue weighted by molar-refractivity contribution is -0.143. The average molecular weight is 348 g/mol. The quantitative estimate of drug-likeness (QED) is 0.830. The number of Topliss-reactive ketones (excluding diaryl/α,β-unsaturated/α-hetero) is 1. The van der Waals surface area contributed by atoms with Crippen molar-refractivity contribution in [2.45, 2.75) is 18.9 Å². The van der Waals surface area contributed by atoms with Crippen LogP contribution >= 0.6 is 0 Å². The van der Waals surface area contributed by atoms with E-state index in [0.29, 0.717) is 18.4 Å². The lowest BCUT2D eigenvalue weighted by atomic mass is 9.84. The van der Waals surface area contributed by atoms with Crippen LogP contribution in [0.25, 0.3) is 12.2 Å². The fourth-order valence-corrected chi connectivity index (χ4v) is 3.01. The molecule has 3 rings (SSSR count). The summed E-state index contributed by atoms with van der Waals surface area (Å²) in [5.74, 6) is -0.972. The monoisotopic (exact) mass is 348 g/mol. The summed E-state index contributed by atoms with van der Waals surface area (Å²) in [4.78, 5) is 23.5. The summed E-state index contributed by atoms with van der Waals surface area (Å²) in [5, 5.41) is 8.95. The summed E-state index contributed by atoms with van der Waals surface area (Å²) in [7, 11) is 0. The van der Waals surface area contributed by atoms with Crippen molar-refractivity contribution in [1.82, 2.24) is 0 Å². The second-order valence-corrected chi connectivity index (χ2v) is 6.13. The fourth-order valence-electron chi connectivity index (χ4n) is 3.01. The van der Waals surface area contributed by atoms with Gasteiger partial charge in [-0.2, -0.15) is 0 Å². The molecule has 132 valence electrons. The van der Waals surface area contributed by atoms with Gasteiger partial charge in [0, 0.05) is 12.0 Å². The predicted molar refractivity (Wildman–Crippen MR) is 100 cm³/mol. The standard InChI is InChI=1S/C22H20O4/c23-20-11-12-21(26-15-22(24)25)19(14-17-9-5-2-6-10-17)18(20)13-16-7-3-1-4-8-16/h1-10,13-14,21H,11-12,15H2,(H,24,25). The van der Waals surface area contributed by atoms with Crippen molar-refractivity contribution in [2.75, 3.05) is 6.61 Å². The van der Waals surface area contributed by atoms with Gasteiger partial charge in [0.05, 0.1) is 6.10 Å². The maximum Gasteiger partial charge on any atom is 0.329 e. The molecule has 0 bridgehead atoms. The van der Waals surface area contributed by atoms with E-state index in [1.807, 2.05) is 72.8 Å². The van der Waals surface area contributed by atoms with Crippen LogP contribution in [0.3, 0.4) is 0 Å². The molecule has 0 aromatic heterocycles. The van der Waals surface area contributed by atoms with Crippen molar-refractivity contribution in [3.8, 4) is 0 Å². The molecule has 1 unspecified atom stereocenters. The Labute approximate surface area is 152 Å². The van der Waals surface area contributed by atoms with Crippen molar-refractivity contribution in [1.29, 1.82) is 0 Å². The maximum atomic E-state index is 12.6. The molecule has 1 saturated carbocycles. The van der Waals surface area contributed by atoms with Crippen LogP contribution < -0.4 is 0 Å². The molecule has 26 heavy (non-hydrogen) atoms. The van der Waals surface area contributed by atoms with Gasteiger partial charge in [-0.3, -0.25) is 4.79 Å². The molecule has 2 aromatic carbocycles. The SMILES string of the molecule is O=C(O)COC1CCC(=O)C(=Cc2ccccc2)C1=Cc1ccccc1. The number of carboxylic acid groups (broad SMARTS) is 1. The summed E-state index contributed by atoms with van der Waals surface area (Å²) < 4.78 is 5.58. The number of carboxylic acids is 1. The van der Waals surface area contributed by atoms with Gasteiger partial charge >= 0.3 is 5.97 Å².